The van der Waals surface area contributed by atoms with Gasteiger partial charge in [0.1, 0.15) is 0 Å². The summed E-state index contributed by atoms with van der Waals surface area (Å²) in [7, 11) is 0. The van der Waals surface area contributed by atoms with E-state index in [1.165, 1.54) is 72.0 Å². The molecule has 0 aromatic carbocycles. The number of hydrogen-bond donors (Lipinski definition) is 2. The van der Waals surface area contributed by atoms with Crippen LogP contribution in [0.3, 0.4) is 0 Å². The van der Waals surface area contributed by atoms with Gasteiger partial charge in [-0.05, 0) is 139 Å². The van der Waals surface area contributed by atoms with Crippen molar-refractivity contribution in [3.63, 3.8) is 0 Å². The number of nitrogens with one attached hydrogen (secondary N) is 2. The molecule has 0 aromatic heterocycles. The van der Waals surface area contributed by atoms with Crippen LogP contribution in [0.15, 0.2) is 117 Å². The van der Waals surface area contributed by atoms with E-state index >= 15 is 0 Å². The molecule has 2 N–H and O–H groups in total. The third-order valence-electron chi connectivity index (χ3n) is 10.0. The lowest BCUT2D eigenvalue weighted by Gasteiger charge is -2.33. The molecule has 4 heteroatoms. The van der Waals surface area contributed by atoms with Gasteiger partial charge in [-0.1, -0.05) is 111 Å². The van der Waals surface area contributed by atoms with Gasteiger partial charge in [0.05, 0.1) is 0 Å². The van der Waals surface area contributed by atoms with E-state index in [9.17, 15) is 9.59 Å². The minimum atomic E-state index is -0.0779. The first-order chi connectivity index (χ1) is 23.5. The number of amides is 2. The van der Waals surface area contributed by atoms with Crippen LogP contribution in [-0.4, -0.2) is 24.4 Å². The molecule has 0 aliphatic heterocycles. The quantitative estimate of drug-likeness (QED) is 0.0968. The average molecular weight is 681 g/mol. The van der Waals surface area contributed by atoms with Crippen LogP contribution in [0.4, 0.5) is 0 Å². The van der Waals surface area contributed by atoms with Crippen molar-refractivity contribution in [2.24, 2.45) is 10.8 Å². The molecule has 0 bridgehead atoms. The second-order valence-electron chi connectivity index (χ2n) is 16.0. The van der Waals surface area contributed by atoms with E-state index in [1.54, 1.807) is 12.2 Å². The van der Waals surface area contributed by atoms with Crippen molar-refractivity contribution in [3.8, 4) is 0 Å². The van der Waals surface area contributed by atoms with E-state index in [1.807, 2.05) is 45.1 Å². The number of rotatable bonds is 16. The van der Waals surface area contributed by atoms with E-state index in [0.29, 0.717) is 6.54 Å². The van der Waals surface area contributed by atoms with Crippen molar-refractivity contribution in [3.05, 3.63) is 117 Å². The molecule has 2 aliphatic carbocycles. The Morgan fingerprint density at radius 2 is 1.14 bits per heavy atom. The molecule has 4 nitrogen and oxygen atoms in total. The van der Waals surface area contributed by atoms with Crippen molar-refractivity contribution < 1.29 is 9.59 Å². The maximum absolute atomic E-state index is 12.5. The minimum Gasteiger partial charge on any atom is -0.353 e. The van der Waals surface area contributed by atoms with Gasteiger partial charge >= 0.3 is 0 Å². The maximum Gasteiger partial charge on any atom is 0.244 e. The predicted octanol–water partition coefficient (Wildman–Crippen LogP) is 11.8. The third-order valence-corrected chi connectivity index (χ3v) is 10.0. The molecular weight excluding hydrogens is 613 g/mol. The third kappa shape index (κ3) is 15.9. The van der Waals surface area contributed by atoms with Crippen LogP contribution in [0.2, 0.25) is 0 Å². The number of allylic oxidation sites excluding steroid dienone is 18. The highest BCUT2D eigenvalue weighted by molar-refractivity contribution is 5.89. The lowest BCUT2D eigenvalue weighted by molar-refractivity contribution is -0.117. The summed E-state index contributed by atoms with van der Waals surface area (Å²) in [5.74, 6) is -0.155. The fourth-order valence-corrected chi connectivity index (χ4v) is 6.97. The Hall–Kier alpha value is -3.66. The molecule has 0 saturated heterocycles. The van der Waals surface area contributed by atoms with Gasteiger partial charge in [0.2, 0.25) is 11.8 Å². The van der Waals surface area contributed by atoms with E-state index in [-0.39, 0.29) is 28.7 Å². The minimum absolute atomic E-state index is 0.0637. The van der Waals surface area contributed by atoms with Gasteiger partial charge in [-0.15, -0.1) is 0 Å². The Morgan fingerprint density at radius 1 is 0.680 bits per heavy atom. The Balaban J connectivity index is 1.69. The standard InChI is InChI=1S/C46H68N2O2/c1-34(25-27-41-38(5)22-16-29-45(41,8)9)18-14-20-36(3)32-43(49)47-31-13-12-24-40(7)48-44(50)33-37(4)21-15-19-35(2)26-28-42-39(6)23-17-30-46(42,10)11/h14-15,18-21,25-28,32-33,40H,12-13,16-17,22-24,29-31H2,1-11H3,(H,47,49)(H,48,50)/b20-14+,21-15+,27-25+,28-26+,34-18+,35-19+,36-32+,37-33+/t40-/m1/s1. The second kappa shape index (κ2) is 20.9. The van der Waals surface area contributed by atoms with Crippen molar-refractivity contribution in [2.75, 3.05) is 6.54 Å². The summed E-state index contributed by atoms with van der Waals surface area (Å²) in [5.41, 5.74) is 10.6. The monoisotopic (exact) mass is 681 g/mol. The molecular formula is C46H68N2O2. The molecule has 0 unspecified atom stereocenters. The van der Waals surface area contributed by atoms with E-state index < -0.39 is 0 Å². The maximum atomic E-state index is 12.5. The summed E-state index contributed by atoms with van der Waals surface area (Å²) in [5, 5.41) is 6.05. The average Bonchev–Trinajstić information content (AvgIpc) is 2.99. The second-order valence-corrected chi connectivity index (χ2v) is 16.0. The molecule has 0 saturated carbocycles. The van der Waals surface area contributed by atoms with Gasteiger partial charge in [-0.25, -0.2) is 0 Å². The lowest BCUT2D eigenvalue weighted by Crippen LogP contribution is -2.31. The summed E-state index contributed by atoms with van der Waals surface area (Å²) < 4.78 is 0. The first-order valence-electron chi connectivity index (χ1n) is 18.9. The molecule has 2 rings (SSSR count). The van der Waals surface area contributed by atoms with E-state index in [0.717, 1.165) is 30.4 Å². The van der Waals surface area contributed by atoms with Crippen molar-refractivity contribution >= 4 is 11.8 Å². The first kappa shape index (κ1) is 42.5. The molecule has 0 radical (unpaired) electrons. The van der Waals surface area contributed by atoms with Gasteiger partial charge in [0.15, 0.2) is 0 Å². The number of unbranched alkanes of at least 4 members (excludes halogenated alkanes) is 1. The normalized spacial score (nSPS) is 20.1. The fraction of sp³-hybridized carbons (Fsp3) is 0.522. The zero-order valence-electron chi connectivity index (χ0n) is 33.4. The fourth-order valence-electron chi connectivity index (χ4n) is 6.97. The molecule has 2 aliphatic rings. The summed E-state index contributed by atoms with van der Waals surface area (Å²) in [6.07, 6.45) is 34.4. The largest absolute Gasteiger partial charge is 0.353 e. The van der Waals surface area contributed by atoms with Gasteiger partial charge in [-0.3, -0.25) is 9.59 Å². The summed E-state index contributed by atoms with van der Waals surface area (Å²) >= 11 is 0. The van der Waals surface area contributed by atoms with Crippen molar-refractivity contribution in [1.29, 1.82) is 0 Å². The Labute approximate surface area is 306 Å². The SMILES string of the molecule is CC1=C(/C=C/C(C)=C/C=C/C(C)=C/C(=O)NCCCC[C@@H](C)NC(=O)/C=C(C)/C=C/C=C(C)/C=C/C2=C(C)CCCC2(C)C)C(C)(C)CCC1. The van der Waals surface area contributed by atoms with Gasteiger partial charge in [0.25, 0.3) is 0 Å². The smallest absolute Gasteiger partial charge is 0.244 e. The van der Waals surface area contributed by atoms with Crippen LogP contribution in [0, 0.1) is 10.8 Å². The summed E-state index contributed by atoms with van der Waals surface area (Å²) in [6.45, 7) is 24.6. The topological polar surface area (TPSA) is 58.2 Å². The number of carbonyl (C=O) groups excluding carboxylic acids is 2. The van der Waals surface area contributed by atoms with Crippen LogP contribution in [0.1, 0.15) is 134 Å². The summed E-state index contributed by atoms with van der Waals surface area (Å²) in [4.78, 5) is 24.9. The van der Waals surface area contributed by atoms with Crippen LogP contribution in [0.5, 0.6) is 0 Å². The predicted molar refractivity (Wildman–Crippen MR) is 217 cm³/mol. The number of carbonyl (C=O) groups is 2. The Kier molecular flexibility index (Phi) is 17.8. The Morgan fingerprint density at radius 3 is 1.60 bits per heavy atom. The molecule has 0 fully saturated rings. The highest BCUT2D eigenvalue weighted by Crippen LogP contribution is 2.41. The van der Waals surface area contributed by atoms with Crippen molar-refractivity contribution in [2.45, 2.75) is 140 Å². The molecule has 274 valence electrons. The zero-order chi connectivity index (χ0) is 37.3. The summed E-state index contributed by atoms with van der Waals surface area (Å²) in [6, 6.07) is 0.0637. The van der Waals surface area contributed by atoms with Crippen LogP contribution in [-0.2, 0) is 9.59 Å². The molecule has 2 amide bonds. The van der Waals surface area contributed by atoms with Crippen LogP contribution >= 0.6 is 0 Å². The highest BCUT2D eigenvalue weighted by atomic mass is 16.2. The van der Waals surface area contributed by atoms with Gasteiger partial charge in [0, 0.05) is 24.7 Å². The van der Waals surface area contributed by atoms with Crippen LogP contribution < -0.4 is 10.6 Å². The number of hydrogen-bond acceptors (Lipinski definition) is 2. The van der Waals surface area contributed by atoms with E-state index in [2.05, 4.69) is 102 Å². The van der Waals surface area contributed by atoms with Gasteiger partial charge < -0.3 is 10.6 Å². The zero-order valence-corrected chi connectivity index (χ0v) is 33.4. The van der Waals surface area contributed by atoms with Gasteiger partial charge in [-0.2, -0.15) is 0 Å². The van der Waals surface area contributed by atoms with Crippen LogP contribution in [0.25, 0.3) is 0 Å². The van der Waals surface area contributed by atoms with Crippen molar-refractivity contribution in [1.82, 2.24) is 10.6 Å². The molecule has 1 atom stereocenters. The van der Waals surface area contributed by atoms with E-state index in [4.69, 9.17) is 0 Å². The molecule has 0 heterocycles. The molecule has 0 aromatic rings. The molecule has 0 spiro atoms. The highest BCUT2D eigenvalue weighted by Gasteiger charge is 2.27. The first-order valence-corrected chi connectivity index (χ1v) is 18.9. The lowest BCUT2D eigenvalue weighted by atomic mass is 9.72. The molecule has 50 heavy (non-hydrogen) atoms. The Bertz CT molecular complexity index is 1490.